The average molecular weight is 338 g/mol. The lowest BCUT2D eigenvalue weighted by Crippen LogP contribution is -2.04. The number of halogens is 1. The number of aromatic amines is 1. The van der Waals surface area contributed by atoms with Gasteiger partial charge < -0.3 is 4.74 Å². The number of ether oxygens (including phenoxy) is 1. The van der Waals surface area contributed by atoms with Crippen molar-refractivity contribution < 1.29 is 4.74 Å². The quantitative estimate of drug-likeness (QED) is 0.718. The molecule has 0 amide bonds. The summed E-state index contributed by atoms with van der Waals surface area (Å²) in [4.78, 5) is 1.05. The molecular weight excluding hydrogens is 326 g/mol. The third-order valence-electron chi connectivity index (χ3n) is 3.11. The zero-order valence-electron chi connectivity index (χ0n) is 11.2. The van der Waals surface area contributed by atoms with E-state index >= 15 is 0 Å². The molecule has 2 aromatic heterocycles. The van der Waals surface area contributed by atoms with Crippen LogP contribution in [0.15, 0.2) is 35.7 Å². The number of thiophene rings is 1. The molecule has 1 N–H and O–H groups in total. The number of methoxy groups -OCH3 is 1. The summed E-state index contributed by atoms with van der Waals surface area (Å²) in [6.07, 6.45) is 0. The van der Waals surface area contributed by atoms with E-state index < -0.39 is 0 Å². The lowest BCUT2D eigenvalue weighted by molar-refractivity contribution is 0.408. The Balaban J connectivity index is 2.08. The maximum absolute atomic E-state index is 6.30. The summed E-state index contributed by atoms with van der Waals surface area (Å²) in [6.45, 7) is 0.505. The molecule has 0 radical (unpaired) electrons. The van der Waals surface area contributed by atoms with E-state index in [4.69, 9.17) is 28.6 Å². The second-order valence-corrected chi connectivity index (χ2v) is 6.08. The standard InChI is InChI=1S/C14H12ClN3OS2/c1-19-11-5-2-4-10(15)9(11)8-18-13(16-17-14(18)20)12-6-3-7-21-12/h2-7H,8H2,1H3,(H,17,20). The SMILES string of the molecule is COc1cccc(Cl)c1Cn1c(-c2cccs2)n[nH]c1=S. The Hall–Kier alpha value is -1.63. The molecule has 0 saturated heterocycles. The zero-order valence-corrected chi connectivity index (χ0v) is 13.6. The average Bonchev–Trinajstić information content (AvgIpc) is 3.11. The minimum absolute atomic E-state index is 0.505. The first-order chi connectivity index (χ1) is 10.2. The second kappa shape index (κ2) is 6.01. The first kappa shape index (κ1) is 14.3. The van der Waals surface area contributed by atoms with Crippen LogP contribution >= 0.6 is 35.2 Å². The Kier molecular flexibility index (Phi) is 4.10. The molecular formula is C14H12ClN3OS2. The van der Waals surface area contributed by atoms with Gasteiger partial charge in [-0.05, 0) is 35.8 Å². The molecule has 108 valence electrons. The van der Waals surface area contributed by atoms with Crippen molar-refractivity contribution in [1.29, 1.82) is 0 Å². The van der Waals surface area contributed by atoms with Gasteiger partial charge in [0.15, 0.2) is 10.6 Å². The lowest BCUT2D eigenvalue weighted by Gasteiger charge is -2.12. The predicted molar refractivity (Wildman–Crippen MR) is 87.8 cm³/mol. The fraction of sp³-hybridized carbons (Fsp3) is 0.143. The van der Waals surface area contributed by atoms with Gasteiger partial charge >= 0.3 is 0 Å². The first-order valence-corrected chi connectivity index (χ1v) is 7.87. The van der Waals surface area contributed by atoms with Crippen LogP contribution in [0.4, 0.5) is 0 Å². The maximum Gasteiger partial charge on any atom is 0.195 e. The summed E-state index contributed by atoms with van der Waals surface area (Å²) in [6, 6.07) is 9.58. The molecule has 0 aliphatic heterocycles. The molecule has 0 fully saturated rings. The second-order valence-electron chi connectivity index (χ2n) is 4.34. The number of H-pyrrole nitrogens is 1. The molecule has 3 rings (SSSR count). The number of aromatic nitrogens is 3. The van der Waals surface area contributed by atoms with E-state index in [1.54, 1.807) is 18.4 Å². The van der Waals surface area contributed by atoms with Crippen LogP contribution < -0.4 is 4.74 Å². The van der Waals surface area contributed by atoms with Crippen molar-refractivity contribution in [3.63, 3.8) is 0 Å². The van der Waals surface area contributed by atoms with Crippen LogP contribution in [0, 0.1) is 4.77 Å². The first-order valence-electron chi connectivity index (χ1n) is 6.21. The molecule has 1 aromatic carbocycles. The summed E-state index contributed by atoms with van der Waals surface area (Å²) < 4.78 is 7.86. The Morgan fingerprint density at radius 2 is 2.24 bits per heavy atom. The summed E-state index contributed by atoms with van der Waals surface area (Å²) in [5, 5.41) is 9.81. The molecule has 0 spiro atoms. The van der Waals surface area contributed by atoms with Gasteiger partial charge in [-0.3, -0.25) is 9.67 Å². The summed E-state index contributed by atoms with van der Waals surface area (Å²) in [5.74, 6) is 1.54. The van der Waals surface area contributed by atoms with E-state index in [1.165, 1.54) is 0 Å². The van der Waals surface area contributed by atoms with Gasteiger partial charge in [-0.1, -0.05) is 23.7 Å². The molecule has 0 atom stereocenters. The minimum atomic E-state index is 0.505. The van der Waals surface area contributed by atoms with Crippen LogP contribution in [-0.2, 0) is 6.54 Å². The lowest BCUT2D eigenvalue weighted by atomic mass is 10.2. The number of hydrogen-bond acceptors (Lipinski definition) is 4. The monoisotopic (exact) mass is 337 g/mol. The van der Waals surface area contributed by atoms with Crippen LogP contribution in [-0.4, -0.2) is 21.9 Å². The molecule has 2 heterocycles. The van der Waals surface area contributed by atoms with Crippen molar-refractivity contribution in [3.05, 3.63) is 51.1 Å². The van der Waals surface area contributed by atoms with E-state index in [0.717, 1.165) is 22.0 Å². The van der Waals surface area contributed by atoms with E-state index in [1.807, 2.05) is 40.3 Å². The largest absolute Gasteiger partial charge is 0.496 e. The van der Waals surface area contributed by atoms with Crippen LogP contribution in [0.2, 0.25) is 5.02 Å². The minimum Gasteiger partial charge on any atom is -0.496 e. The highest BCUT2D eigenvalue weighted by molar-refractivity contribution is 7.71. The van der Waals surface area contributed by atoms with E-state index in [0.29, 0.717) is 16.3 Å². The third-order valence-corrected chi connectivity index (χ3v) is 4.64. The Morgan fingerprint density at radius 3 is 2.95 bits per heavy atom. The van der Waals surface area contributed by atoms with Crippen molar-refractivity contribution in [2.75, 3.05) is 7.11 Å². The van der Waals surface area contributed by atoms with Gasteiger partial charge in [-0.25, -0.2) is 0 Å². The molecule has 0 saturated carbocycles. The van der Waals surface area contributed by atoms with Crippen LogP contribution in [0.1, 0.15) is 5.56 Å². The smallest absolute Gasteiger partial charge is 0.195 e. The Bertz CT molecular complexity index is 808. The van der Waals surface area contributed by atoms with Gasteiger partial charge in [0, 0.05) is 10.6 Å². The molecule has 4 nitrogen and oxygen atoms in total. The Labute approximate surface area is 136 Å². The maximum atomic E-state index is 6.30. The van der Waals surface area contributed by atoms with Gasteiger partial charge in [0.1, 0.15) is 5.75 Å². The molecule has 0 aliphatic rings. The normalized spacial score (nSPS) is 10.8. The third kappa shape index (κ3) is 2.74. The summed E-state index contributed by atoms with van der Waals surface area (Å²) in [7, 11) is 1.63. The van der Waals surface area contributed by atoms with Crippen LogP contribution in [0.3, 0.4) is 0 Å². The number of rotatable bonds is 4. The van der Waals surface area contributed by atoms with Crippen LogP contribution in [0.5, 0.6) is 5.75 Å². The van der Waals surface area contributed by atoms with E-state index in [2.05, 4.69) is 10.2 Å². The molecule has 21 heavy (non-hydrogen) atoms. The highest BCUT2D eigenvalue weighted by Crippen LogP contribution is 2.29. The van der Waals surface area contributed by atoms with Crippen molar-refractivity contribution >= 4 is 35.2 Å². The highest BCUT2D eigenvalue weighted by Gasteiger charge is 2.14. The van der Waals surface area contributed by atoms with Crippen molar-refractivity contribution in [3.8, 4) is 16.5 Å². The number of benzene rings is 1. The molecule has 7 heteroatoms. The number of nitrogens with zero attached hydrogens (tertiary/aromatic N) is 2. The number of hydrogen-bond donors (Lipinski definition) is 1. The van der Waals surface area contributed by atoms with Gasteiger partial charge in [0.2, 0.25) is 0 Å². The molecule has 0 bridgehead atoms. The van der Waals surface area contributed by atoms with Gasteiger partial charge in [0.05, 0.1) is 18.5 Å². The van der Waals surface area contributed by atoms with Crippen LogP contribution in [0.25, 0.3) is 10.7 Å². The van der Waals surface area contributed by atoms with E-state index in [9.17, 15) is 0 Å². The van der Waals surface area contributed by atoms with Gasteiger partial charge in [-0.15, -0.1) is 11.3 Å². The Morgan fingerprint density at radius 1 is 1.38 bits per heavy atom. The molecule has 3 aromatic rings. The van der Waals surface area contributed by atoms with Crippen molar-refractivity contribution in [2.24, 2.45) is 0 Å². The molecule has 0 aliphatic carbocycles. The summed E-state index contributed by atoms with van der Waals surface area (Å²) >= 11 is 13.2. The zero-order chi connectivity index (χ0) is 14.8. The van der Waals surface area contributed by atoms with E-state index in [-0.39, 0.29) is 0 Å². The number of nitrogens with one attached hydrogen (secondary N) is 1. The fourth-order valence-electron chi connectivity index (χ4n) is 2.10. The summed E-state index contributed by atoms with van der Waals surface area (Å²) in [5.41, 5.74) is 0.886. The predicted octanol–water partition coefficient (Wildman–Crippen LogP) is 4.38. The topological polar surface area (TPSA) is 42.8 Å². The highest BCUT2D eigenvalue weighted by atomic mass is 35.5. The van der Waals surface area contributed by atoms with Gasteiger partial charge in [0.25, 0.3) is 0 Å². The van der Waals surface area contributed by atoms with Crippen molar-refractivity contribution in [2.45, 2.75) is 6.54 Å². The fourth-order valence-corrected chi connectivity index (χ4v) is 3.24. The van der Waals surface area contributed by atoms with Gasteiger partial charge in [-0.2, -0.15) is 5.10 Å². The van der Waals surface area contributed by atoms with Crippen molar-refractivity contribution in [1.82, 2.24) is 14.8 Å². The molecule has 0 unspecified atom stereocenters.